The fourth-order valence-electron chi connectivity index (χ4n) is 1.99. The van der Waals surface area contributed by atoms with E-state index in [1.807, 2.05) is 17.0 Å². The number of aromatic nitrogens is 1. The second-order valence-corrected chi connectivity index (χ2v) is 4.21. The van der Waals surface area contributed by atoms with E-state index in [1.54, 1.807) is 12.4 Å². The van der Waals surface area contributed by atoms with Crippen molar-refractivity contribution < 1.29 is 4.92 Å². The molecule has 0 radical (unpaired) electrons. The van der Waals surface area contributed by atoms with Crippen LogP contribution in [-0.4, -0.2) is 27.9 Å². The molecule has 0 bridgehead atoms. The minimum absolute atomic E-state index is 0.413. The number of nitro groups is 1. The van der Waals surface area contributed by atoms with Gasteiger partial charge in [0, 0.05) is 32.0 Å². The summed E-state index contributed by atoms with van der Waals surface area (Å²) >= 11 is 0. The molecule has 1 fully saturated rings. The lowest BCUT2D eigenvalue weighted by Gasteiger charge is -2.20. The van der Waals surface area contributed by atoms with Gasteiger partial charge in [0.2, 0.25) is 0 Å². The van der Waals surface area contributed by atoms with Crippen molar-refractivity contribution in [1.29, 1.82) is 0 Å². The monoisotopic (exact) mass is 248 g/mol. The molecule has 1 aromatic heterocycles. The van der Waals surface area contributed by atoms with Crippen molar-refractivity contribution in [3.8, 4) is 0 Å². The van der Waals surface area contributed by atoms with E-state index >= 15 is 0 Å². The maximum absolute atomic E-state index is 10.6. The van der Waals surface area contributed by atoms with E-state index in [4.69, 9.17) is 0 Å². The summed E-state index contributed by atoms with van der Waals surface area (Å²) < 4.78 is 0. The molecule has 0 spiro atoms. The molecule has 1 N–H and O–H groups in total. The highest BCUT2D eigenvalue weighted by Gasteiger charge is 2.17. The van der Waals surface area contributed by atoms with E-state index in [0.29, 0.717) is 12.4 Å². The van der Waals surface area contributed by atoms with Gasteiger partial charge in [-0.2, -0.15) is 0 Å². The standard InChI is InChI=1S/C12H16N4O2/c17-16(18)10-12(15-6-1-2-7-15)14-9-11-4-3-5-13-8-11/h3-5,8,10,14H,1-2,6-7,9H2. The van der Waals surface area contributed by atoms with Crippen LogP contribution in [0.25, 0.3) is 0 Å². The Hall–Kier alpha value is -2.11. The van der Waals surface area contributed by atoms with Gasteiger partial charge in [-0.15, -0.1) is 0 Å². The molecular weight excluding hydrogens is 232 g/mol. The number of hydrogen-bond acceptors (Lipinski definition) is 5. The Kier molecular flexibility index (Phi) is 4.11. The van der Waals surface area contributed by atoms with Crippen LogP contribution in [0.5, 0.6) is 0 Å². The maximum Gasteiger partial charge on any atom is 0.274 e. The van der Waals surface area contributed by atoms with Crippen LogP contribution < -0.4 is 5.32 Å². The van der Waals surface area contributed by atoms with Crippen LogP contribution in [0.3, 0.4) is 0 Å². The lowest BCUT2D eigenvalue weighted by molar-refractivity contribution is -0.404. The molecule has 2 rings (SSSR count). The van der Waals surface area contributed by atoms with Gasteiger partial charge in [-0.1, -0.05) is 6.07 Å². The molecule has 96 valence electrons. The topological polar surface area (TPSA) is 71.3 Å². The highest BCUT2D eigenvalue weighted by Crippen LogP contribution is 2.13. The van der Waals surface area contributed by atoms with Crippen molar-refractivity contribution in [3.05, 3.63) is 52.2 Å². The average molecular weight is 248 g/mol. The summed E-state index contributed by atoms with van der Waals surface area (Å²) in [5.41, 5.74) is 1.01. The second kappa shape index (κ2) is 6.00. The smallest absolute Gasteiger partial charge is 0.274 e. The summed E-state index contributed by atoms with van der Waals surface area (Å²) in [6, 6.07) is 3.79. The normalized spacial score (nSPS) is 15.8. The fourth-order valence-corrected chi connectivity index (χ4v) is 1.99. The predicted molar refractivity (Wildman–Crippen MR) is 67.0 cm³/mol. The van der Waals surface area contributed by atoms with Gasteiger partial charge in [-0.05, 0) is 24.5 Å². The zero-order valence-corrected chi connectivity index (χ0v) is 10.1. The third-order valence-electron chi connectivity index (χ3n) is 2.87. The van der Waals surface area contributed by atoms with Crippen molar-refractivity contribution in [2.45, 2.75) is 19.4 Å². The van der Waals surface area contributed by atoms with Crippen LogP contribution in [-0.2, 0) is 6.54 Å². The first-order valence-electron chi connectivity index (χ1n) is 5.99. The van der Waals surface area contributed by atoms with Crippen LogP contribution in [0.2, 0.25) is 0 Å². The first-order chi connectivity index (χ1) is 8.75. The fraction of sp³-hybridized carbons (Fsp3) is 0.417. The van der Waals surface area contributed by atoms with Gasteiger partial charge in [0.1, 0.15) is 0 Å². The minimum atomic E-state index is -0.413. The summed E-state index contributed by atoms with van der Waals surface area (Å²) in [7, 11) is 0. The average Bonchev–Trinajstić information content (AvgIpc) is 2.89. The number of nitrogens with one attached hydrogen (secondary N) is 1. The molecular formula is C12H16N4O2. The third-order valence-corrected chi connectivity index (χ3v) is 2.87. The Morgan fingerprint density at radius 3 is 2.94 bits per heavy atom. The lowest BCUT2D eigenvalue weighted by Crippen LogP contribution is -2.30. The Morgan fingerprint density at radius 1 is 1.56 bits per heavy atom. The van der Waals surface area contributed by atoms with Crippen molar-refractivity contribution in [3.63, 3.8) is 0 Å². The van der Waals surface area contributed by atoms with Gasteiger partial charge in [-0.25, -0.2) is 0 Å². The number of rotatable bonds is 5. The number of pyridine rings is 1. The molecule has 0 saturated carbocycles. The van der Waals surface area contributed by atoms with Crippen LogP contribution >= 0.6 is 0 Å². The maximum atomic E-state index is 10.6. The Morgan fingerprint density at radius 2 is 2.33 bits per heavy atom. The number of nitrogens with zero attached hydrogens (tertiary/aromatic N) is 3. The molecule has 0 unspecified atom stereocenters. The largest absolute Gasteiger partial charge is 0.362 e. The van der Waals surface area contributed by atoms with Gasteiger partial charge < -0.3 is 10.2 Å². The summed E-state index contributed by atoms with van der Waals surface area (Å²) in [5, 5.41) is 13.7. The number of hydrogen-bond donors (Lipinski definition) is 1. The van der Waals surface area contributed by atoms with E-state index in [2.05, 4.69) is 10.3 Å². The first kappa shape index (κ1) is 12.3. The number of likely N-dealkylation sites (tertiary alicyclic amines) is 1. The van der Waals surface area contributed by atoms with E-state index in [1.165, 1.54) is 0 Å². The quantitative estimate of drug-likeness (QED) is 0.629. The van der Waals surface area contributed by atoms with Crippen LogP contribution in [0.4, 0.5) is 0 Å². The van der Waals surface area contributed by atoms with E-state index in [-0.39, 0.29) is 0 Å². The molecule has 0 aliphatic carbocycles. The van der Waals surface area contributed by atoms with Gasteiger partial charge in [0.25, 0.3) is 6.20 Å². The summed E-state index contributed by atoms with van der Waals surface area (Å²) in [6.45, 7) is 2.30. The van der Waals surface area contributed by atoms with Crippen molar-refractivity contribution >= 4 is 0 Å². The van der Waals surface area contributed by atoms with Gasteiger partial charge >= 0.3 is 0 Å². The Balaban J connectivity index is 1.99. The van der Waals surface area contributed by atoms with Gasteiger partial charge in [-0.3, -0.25) is 15.1 Å². The molecule has 0 atom stereocenters. The Labute approximate surface area is 105 Å². The minimum Gasteiger partial charge on any atom is -0.362 e. The predicted octanol–water partition coefficient (Wildman–Crippen LogP) is 1.34. The van der Waals surface area contributed by atoms with Crippen molar-refractivity contribution in [2.24, 2.45) is 0 Å². The molecule has 1 aliphatic rings. The molecule has 2 heterocycles. The van der Waals surface area contributed by atoms with Crippen molar-refractivity contribution in [1.82, 2.24) is 15.2 Å². The molecule has 18 heavy (non-hydrogen) atoms. The molecule has 6 heteroatoms. The molecule has 0 amide bonds. The first-order valence-corrected chi connectivity index (χ1v) is 5.99. The molecule has 0 aromatic carbocycles. The van der Waals surface area contributed by atoms with Gasteiger partial charge in [0.05, 0.1) is 4.92 Å². The third kappa shape index (κ3) is 3.44. The SMILES string of the molecule is O=[N+]([O-])C=C(NCc1cccnc1)N1CCCC1. The second-order valence-electron chi connectivity index (χ2n) is 4.21. The molecule has 6 nitrogen and oxygen atoms in total. The molecule has 1 saturated heterocycles. The van der Waals surface area contributed by atoms with Crippen LogP contribution in [0.1, 0.15) is 18.4 Å². The van der Waals surface area contributed by atoms with Crippen LogP contribution in [0.15, 0.2) is 36.5 Å². The van der Waals surface area contributed by atoms with E-state index in [0.717, 1.165) is 37.7 Å². The summed E-state index contributed by atoms with van der Waals surface area (Å²) in [4.78, 5) is 16.2. The van der Waals surface area contributed by atoms with E-state index < -0.39 is 4.92 Å². The van der Waals surface area contributed by atoms with E-state index in [9.17, 15) is 10.1 Å². The molecule has 1 aliphatic heterocycles. The van der Waals surface area contributed by atoms with Crippen molar-refractivity contribution in [2.75, 3.05) is 13.1 Å². The summed E-state index contributed by atoms with van der Waals surface area (Å²) in [5.74, 6) is 0.585. The lowest BCUT2D eigenvalue weighted by atomic mass is 10.3. The zero-order valence-electron chi connectivity index (χ0n) is 10.1. The zero-order chi connectivity index (χ0) is 12.8. The highest BCUT2D eigenvalue weighted by molar-refractivity contribution is 5.10. The highest BCUT2D eigenvalue weighted by atomic mass is 16.6. The Bertz CT molecular complexity index is 427. The van der Waals surface area contributed by atoms with Crippen LogP contribution in [0, 0.1) is 10.1 Å². The van der Waals surface area contributed by atoms with Gasteiger partial charge in [0.15, 0.2) is 5.82 Å². The summed E-state index contributed by atoms with van der Waals surface area (Å²) in [6.07, 6.45) is 6.67. The molecule has 1 aromatic rings.